The molecule has 8 N–H and O–H groups in total. The number of nitrogens with one attached hydrogen (secondary N) is 2. The van der Waals surface area contributed by atoms with Crippen molar-refractivity contribution in [3.05, 3.63) is 65.0 Å². The summed E-state index contributed by atoms with van der Waals surface area (Å²) >= 11 is 0. The second-order valence-corrected chi connectivity index (χ2v) is 12.7. The topological polar surface area (TPSA) is 247 Å². The second kappa shape index (κ2) is 15.1. The van der Waals surface area contributed by atoms with E-state index >= 15 is 0 Å². The number of carbonyl (C=O) groups is 1. The minimum absolute atomic E-state index is 0.0476. The molecule has 0 radical (unpaired) electrons. The van der Waals surface area contributed by atoms with Crippen molar-refractivity contribution < 1.29 is 72.2 Å². The van der Waals surface area contributed by atoms with Gasteiger partial charge in [-0.25, -0.2) is 8.96 Å². The minimum atomic E-state index is -5.12. The highest BCUT2D eigenvalue weighted by Gasteiger charge is 2.53. The number of phosphoric ester groups is 1. The fourth-order valence-corrected chi connectivity index (χ4v) is 6.07. The molecule has 3 aliphatic rings. The lowest BCUT2D eigenvalue weighted by Crippen LogP contribution is -2.67. The van der Waals surface area contributed by atoms with E-state index in [4.69, 9.17) is 33.6 Å². The van der Waals surface area contributed by atoms with Crippen LogP contribution in [0.2, 0.25) is 0 Å². The Morgan fingerprint density at radius 2 is 1.81 bits per heavy atom. The van der Waals surface area contributed by atoms with Crippen LogP contribution in [-0.2, 0) is 34.9 Å². The van der Waals surface area contributed by atoms with Crippen LogP contribution in [0.25, 0.3) is 6.08 Å². The van der Waals surface area contributed by atoms with Gasteiger partial charge in [0.1, 0.15) is 55.3 Å². The molecule has 10 atom stereocenters. The van der Waals surface area contributed by atoms with Gasteiger partial charge in [0.25, 0.3) is 0 Å². The molecule has 10 unspecified atom stereocenters. The molecule has 2 aromatic rings. The lowest BCUT2D eigenvalue weighted by molar-refractivity contribution is -0.155. The van der Waals surface area contributed by atoms with Gasteiger partial charge in [-0.2, -0.15) is 0 Å². The van der Waals surface area contributed by atoms with E-state index in [2.05, 4.69) is 5.32 Å². The first-order valence-electron chi connectivity index (χ1n) is 14.8. The van der Waals surface area contributed by atoms with Crippen molar-refractivity contribution in [2.45, 2.75) is 81.1 Å². The molecule has 2 saturated heterocycles. The smallest absolute Gasteiger partial charge is 0.461 e. The average Bonchev–Trinajstić information content (AvgIpc) is 3.66. The Bertz CT molecular complexity index is 1560. The minimum Gasteiger partial charge on any atom is -0.461 e. The molecule has 16 nitrogen and oxygen atoms in total. The van der Waals surface area contributed by atoms with Crippen molar-refractivity contribution in [2.75, 3.05) is 6.79 Å². The zero-order chi connectivity index (χ0) is 34.7. The SMILES string of the molecule is C/C(=C\c1ccc(OC2CC(O)C(C(C=N)OCc3cccc(F)c3)O2)c(OP(=O)(O)O)c1)C(=O)NC1C(O)C(O)C2OCOC2C1O. The van der Waals surface area contributed by atoms with E-state index in [0.29, 0.717) is 5.56 Å². The molecule has 18 heteroatoms. The number of halogens is 1. The van der Waals surface area contributed by atoms with Crippen LogP contribution in [0, 0.1) is 11.2 Å². The van der Waals surface area contributed by atoms with Crippen LogP contribution >= 0.6 is 7.82 Å². The van der Waals surface area contributed by atoms with Crippen molar-refractivity contribution in [1.82, 2.24) is 5.32 Å². The molecule has 5 rings (SSSR count). The largest absolute Gasteiger partial charge is 0.524 e. The number of carbonyl (C=O) groups excluding carboxylic acids is 1. The maximum absolute atomic E-state index is 13.5. The number of amides is 1. The Morgan fingerprint density at radius 1 is 1.08 bits per heavy atom. The van der Waals surface area contributed by atoms with Gasteiger partial charge in [-0.05, 0) is 48.4 Å². The van der Waals surface area contributed by atoms with Crippen molar-refractivity contribution >= 4 is 26.0 Å². The molecule has 0 spiro atoms. The van der Waals surface area contributed by atoms with Gasteiger partial charge in [-0.1, -0.05) is 18.2 Å². The highest BCUT2D eigenvalue weighted by Crippen LogP contribution is 2.43. The van der Waals surface area contributed by atoms with E-state index in [0.717, 1.165) is 6.21 Å². The zero-order valence-electron chi connectivity index (χ0n) is 25.4. The maximum Gasteiger partial charge on any atom is 0.524 e. The number of benzene rings is 2. The number of hydrogen-bond donors (Lipinski definition) is 8. The number of hydrogen-bond acceptors (Lipinski definition) is 13. The number of aliphatic hydroxyl groups is 4. The Labute approximate surface area is 273 Å². The lowest BCUT2D eigenvalue weighted by Gasteiger charge is -2.41. The van der Waals surface area contributed by atoms with Crippen LogP contribution in [0.4, 0.5) is 4.39 Å². The lowest BCUT2D eigenvalue weighted by atomic mass is 9.83. The van der Waals surface area contributed by atoms with Crippen LogP contribution in [0.15, 0.2) is 48.0 Å². The first kappa shape index (κ1) is 36.0. The van der Waals surface area contributed by atoms with Crippen LogP contribution < -0.4 is 14.6 Å². The van der Waals surface area contributed by atoms with E-state index in [-0.39, 0.29) is 36.7 Å². The normalized spacial score (nSPS) is 31.2. The Balaban J connectivity index is 1.26. The first-order chi connectivity index (χ1) is 22.7. The van der Waals surface area contributed by atoms with Crippen LogP contribution in [0.3, 0.4) is 0 Å². The standard InChI is InChI=1S/C30H36FN2O14P/c1-14(30(38)33-23-24(35)26(37)29-28(25(23)36)43-13-44-29)7-15-5-6-19(20(9-15)47-48(39,40)41)45-22-10-18(34)27(46-22)21(11-32)42-12-16-3-2-4-17(31)8-16/h2-9,11,18,21-29,32,34-37H,10,12-13H2,1H3,(H,33,38)(H2,39,40,41)/b14-7+,32-11?. The predicted octanol–water partition coefficient (Wildman–Crippen LogP) is 0.113. The number of fused-ring (bicyclic) bond motifs is 1. The molecule has 48 heavy (non-hydrogen) atoms. The molecule has 1 aliphatic carbocycles. The summed E-state index contributed by atoms with van der Waals surface area (Å²) in [4.78, 5) is 32.0. The summed E-state index contributed by atoms with van der Waals surface area (Å²) in [6.45, 7) is 1.14. The summed E-state index contributed by atoms with van der Waals surface area (Å²) in [5.74, 6) is -1.81. The van der Waals surface area contributed by atoms with E-state index in [1.807, 2.05) is 0 Å². The molecule has 0 aromatic heterocycles. The third-order valence-electron chi connectivity index (χ3n) is 8.03. The molecule has 1 saturated carbocycles. The second-order valence-electron chi connectivity index (χ2n) is 11.5. The van der Waals surface area contributed by atoms with Gasteiger partial charge in [0.15, 0.2) is 11.5 Å². The summed E-state index contributed by atoms with van der Waals surface area (Å²) in [5, 5.41) is 52.3. The Hall–Kier alpha value is -3.32. The van der Waals surface area contributed by atoms with Gasteiger partial charge < -0.3 is 59.4 Å². The fraction of sp³-hybridized carbons (Fsp3) is 0.467. The van der Waals surface area contributed by atoms with Crippen LogP contribution in [0.5, 0.6) is 11.5 Å². The van der Waals surface area contributed by atoms with Gasteiger partial charge in [0, 0.05) is 18.2 Å². The molecule has 3 fully saturated rings. The number of phosphoric acid groups is 1. The van der Waals surface area contributed by atoms with E-state index in [1.165, 1.54) is 49.4 Å². The third-order valence-corrected chi connectivity index (χ3v) is 8.46. The molecule has 2 aliphatic heterocycles. The van der Waals surface area contributed by atoms with Crippen molar-refractivity contribution in [3.8, 4) is 11.5 Å². The Kier molecular flexibility index (Phi) is 11.3. The molecular weight excluding hydrogens is 662 g/mol. The average molecular weight is 699 g/mol. The summed E-state index contributed by atoms with van der Waals surface area (Å²) in [6, 6.07) is 8.28. The van der Waals surface area contributed by atoms with Crippen molar-refractivity contribution in [2.24, 2.45) is 0 Å². The molecule has 262 valence electrons. The monoisotopic (exact) mass is 698 g/mol. The van der Waals surface area contributed by atoms with E-state index in [9.17, 15) is 44.0 Å². The number of aliphatic hydroxyl groups excluding tert-OH is 4. The van der Waals surface area contributed by atoms with Gasteiger partial charge in [-0.15, -0.1) is 0 Å². The quantitative estimate of drug-likeness (QED) is 0.0834. The molecular formula is C30H36FN2O14P. The summed E-state index contributed by atoms with van der Waals surface area (Å²) in [6.07, 6.45) is -8.60. The molecule has 1 amide bonds. The van der Waals surface area contributed by atoms with Gasteiger partial charge in [0.05, 0.1) is 18.8 Å². The maximum atomic E-state index is 13.5. The van der Waals surface area contributed by atoms with Crippen LogP contribution in [-0.4, -0.2) is 110 Å². The summed E-state index contributed by atoms with van der Waals surface area (Å²) in [5.41, 5.74) is 0.778. The summed E-state index contributed by atoms with van der Waals surface area (Å²) < 4.78 is 57.8. The number of rotatable bonds is 12. The van der Waals surface area contributed by atoms with Gasteiger partial charge in [0.2, 0.25) is 12.2 Å². The summed E-state index contributed by atoms with van der Waals surface area (Å²) in [7, 11) is -5.12. The van der Waals surface area contributed by atoms with E-state index in [1.54, 1.807) is 6.07 Å². The number of ether oxygens (including phenoxy) is 5. The third kappa shape index (κ3) is 8.45. The molecule has 2 heterocycles. The fourth-order valence-electron chi connectivity index (χ4n) is 5.67. The van der Waals surface area contributed by atoms with Crippen molar-refractivity contribution in [3.63, 3.8) is 0 Å². The highest BCUT2D eigenvalue weighted by atomic mass is 31.2. The molecule has 2 aromatic carbocycles. The van der Waals surface area contributed by atoms with E-state index < -0.39 is 86.5 Å². The Morgan fingerprint density at radius 3 is 2.50 bits per heavy atom. The predicted molar refractivity (Wildman–Crippen MR) is 161 cm³/mol. The zero-order valence-corrected chi connectivity index (χ0v) is 26.3. The molecule has 0 bridgehead atoms. The highest BCUT2D eigenvalue weighted by molar-refractivity contribution is 7.46. The van der Waals surface area contributed by atoms with Gasteiger partial charge in [-0.3, -0.25) is 14.6 Å². The first-order valence-corrected chi connectivity index (χ1v) is 16.3. The van der Waals surface area contributed by atoms with Crippen LogP contribution in [0.1, 0.15) is 24.5 Å². The van der Waals surface area contributed by atoms with Crippen molar-refractivity contribution in [1.29, 1.82) is 5.41 Å². The van der Waals surface area contributed by atoms with Gasteiger partial charge >= 0.3 is 7.82 Å².